The third kappa shape index (κ3) is 5.20. The molecule has 0 radical (unpaired) electrons. The second kappa shape index (κ2) is 8.44. The van der Waals surface area contributed by atoms with Gasteiger partial charge in [-0.05, 0) is 31.2 Å². The van der Waals surface area contributed by atoms with Crippen molar-refractivity contribution < 1.29 is 21.8 Å². The topological polar surface area (TPSA) is 102 Å². The molecule has 1 heterocycles. The summed E-state index contributed by atoms with van der Waals surface area (Å²) in [5.74, 6) is -0.829. The van der Waals surface area contributed by atoms with Crippen LogP contribution in [0.1, 0.15) is 19.8 Å². The van der Waals surface area contributed by atoms with E-state index in [-0.39, 0.29) is 24.3 Å². The van der Waals surface area contributed by atoms with Crippen molar-refractivity contribution in [1.82, 2.24) is 4.72 Å². The molecule has 1 aliphatic rings. The first kappa shape index (κ1) is 22.1. The number of piperidine rings is 1. The van der Waals surface area contributed by atoms with Crippen molar-refractivity contribution in [3.05, 3.63) is 34.2 Å². The van der Waals surface area contributed by atoms with Crippen LogP contribution in [0.5, 0.6) is 0 Å². The zero-order valence-corrected chi connectivity index (χ0v) is 17.6. The first-order valence-corrected chi connectivity index (χ1v) is 10.7. The number of ether oxygens (including phenoxy) is 1. The Kier molecular flexibility index (Phi) is 6.91. The number of rotatable bonds is 7. The Morgan fingerprint density at radius 1 is 1.37 bits per heavy atom. The predicted octanol–water partition coefficient (Wildman–Crippen LogP) is 2.14. The number of likely N-dealkylation sites (tertiary alicyclic amines) is 1. The van der Waals surface area contributed by atoms with E-state index in [1.807, 2.05) is 7.05 Å². The molecule has 1 atom stereocenters. The van der Waals surface area contributed by atoms with Gasteiger partial charge in [-0.25, -0.2) is 8.42 Å². The van der Waals surface area contributed by atoms with Crippen LogP contribution in [0.2, 0.25) is 5.02 Å². The van der Waals surface area contributed by atoms with Crippen LogP contribution in [-0.2, 0) is 19.6 Å². The molecule has 1 aliphatic heterocycles. The van der Waals surface area contributed by atoms with Crippen LogP contribution in [-0.4, -0.2) is 56.6 Å². The number of halogens is 1. The number of carbonyl (C=O) groups is 1. The van der Waals surface area contributed by atoms with E-state index in [9.17, 15) is 18.1 Å². The van der Waals surface area contributed by atoms with Crippen LogP contribution in [0, 0.1) is 4.91 Å². The number of thiol groups is 1. The van der Waals surface area contributed by atoms with Crippen LogP contribution in [0.25, 0.3) is 0 Å². The summed E-state index contributed by atoms with van der Waals surface area (Å²) in [6, 6.07) is 4.05. The molecule has 0 amide bonds. The summed E-state index contributed by atoms with van der Waals surface area (Å²) < 4.78 is 33.2. The van der Waals surface area contributed by atoms with E-state index < -0.39 is 27.6 Å². The molecule has 0 saturated carbocycles. The minimum Gasteiger partial charge on any atom is -0.465 e. The molecule has 1 aromatic carbocycles. The first-order chi connectivity index (χ1) is 12.6. The summed E-state index contributed by atoms with van der Waals surface area (Å²) in [5.41, 5.74) is -1.44. The molecule has 1 saturated heterocycles. The van der Waals surface area contributed by atoms with Crippen LogP contribution in [0.4, 0.5) is 0 Å². The summed E-state index contributed by atoms with van der Waals surface area (Å²) in [4.78, 5) is 24.2. The van der Waals surface area contributed by atoms with Gasteiger partial charge in [-0.2, -0.15) is 9.63 Å². The quantitative estimate of drug-likeness (QED) is 0.295. The summed E-state index contributed by atoms with van der Waals surface area (Å²) in [5, 5.41) is 3.57. The zero-order valence-electron chi connectivity index (χ0n) is 15.1. The van der Waals surface area contributed by atoms with Gasteiger partial charge >= 0.3 is 5.97 Å². The fraction of sp³-hybridized carbons (Fsp3) is 0.562. The van der Waals surface area contributed by atoms with Gasteiger partial charge in [-0.1, -0.05) is 16.8 Å². The van der Waals surface area contributed by atoms with Crippen LogP contribution in [0.3, 0.4) is 0 Å². The number of hydrogen-bond donors (Lipinski definition) is 2. The summed E-state index contributed by atoms with van der Waals surface area (Å²) in [6.07, 6.45) is 0.395. The number of quaternary nitrogens is 1. The van der Waals surface area contributed by atoms with Gasteiger partial charge in [-0.15, -0.1) is 0 Å². The fourth-order valence-corrected chi connectivity index (χ4v) is 4.56. The van der Waals surface area contributed by atoms with Gasteiger partial charge in [0.25, 0.3) is 0 Å². The summed E-state index contributed by atoms with van der Waals surface area (Å²) in [7, 11) is -2.23. The highest BCUT2D eigenvalue weighted by atomic mass is 35.5. The molecule has 0 aliphatic carbocycles. The van der Waals surface area contributed by atoms with Crippen molar-refractivity contribution in [2.75, 3.05) is 26.7 Å². The van der Waals surface area contributed by atoms with Gasteiger partial charge in [-0.3, -0.25) is 8.68 Å². The third-order valence-corrected chi connectivity index (χ3v) is 6.78. The third-order valence-electron chi connectivity index (χ3n) is 4.69. The predicted molar refractivity (Wildman–Crippen MR) is 105 cm³/mol. The Balaban J connectivity index is 2.38. The lowest BCUT2D eigenvalue weighted by Gasteiger charge is -2.41. The smallest absolute Gasteiger partial charge is 0.326 e. The Hall–Kier alpha value is -1.20. The van der Waals surface area contributed by atoms with Crippen LogP contribution in [0.15, 0.2) is 34.3 Å². The van der Waals surface area contributed by atoms with E-state index in [2.05, 4.69) is 22.7 Å². The Labute approximate surface area is 169 Å². The summed E-state index contributed by atoms with van der Waals surface area (Å²) in [6.45, 7) is 2.56. The molecule has 11 heteroatoms. The first-order valence-electron chi connectivity index (χ1n) is 8.41. The van der Waals surface area contributed by atoms with Crippen molar-refractivity contribution in [2.45, 2.75) is 36.2 Å². The van der Waals surface area contributed by atoms with Crippen molar-refractivity contribution in [1.29, 1.82) is 0 Å². The lowest BCUT2D eigenvalue weighted by molar-refractivity contribution is -0.778. The average Bonchev–Trinajstić information content (AvgIpc) is 2.61. The van der Waals surface area contributed by atoms with Gasteiger partial charge in [0.05, 0.1) is 44.5 Å². The van der Waals surface area contributed by atoms with Gasteiger partial charge in [0.1, 0.15) is 11.6 Å². The second-order valence-corrected chi connectivity index (χ2v) is 9.86. The second-order valence-electron chi connectivity index (χ2n) is 6.74. The van der Waals surface area contributed by atoms with Crippen LogP contribution < -0.4 is 4.72 Å². The molecule has 27 heavy (non-hydrogen) atoms. The van der Waals surface area contributed by atoms with Crippen molar-refractivity contribution in [2.24, 2.45) is 5.18 Å². The Morgan fingerprint density at radius 2 is 1.93 bits per heavy atom. The Bertz CT molecular complexity index is 789. The molecule has 2 rings (SSSR count). The highest BCUT2D eigenvalue weighted by Crippen LogP contribution is 2.35. The maximum Gasteiger partial charge on any atom is 0.326 e. The molecule has 0 aromatic heterocycles. The number of hydrogen-bond acceptors (Lipinski definition) is 7. The van der Waals surface area contributed by atoms with Crippen LogP contribution >= 0.6 is 24.4 Å². The maximum atomic E-state index is 12.8. The van der Waals surface area contributed by atoms with Gasteiger partial charge in [0, 0.05) is 17.9 Å². The molecule has 150 valence electrons. The van der Waals surface area contributed by atoms with Crippen molar-refractivity contribution >= 4 is 40.4 Å². The number of esters is 1. The minimum absolute atomic E-state index is 0.0489. The molecule has 1 aromatic rings. The van der Waals surface area contributed by atoms with E-state index in [0.717, 1.165) is 0 Å². The number of carbonyl (C=O) groups excluding carboxylic acids is 1. The molecule has 0 spiro atoms. The van der Waals surface area contributed by atoms with E-state index >= 15 is 0 Å². The molecule has 0 bridgehead atoms. The van der Waals surface area contributed by atoms with Gasteiger partial charge in [0.2, 0.25) is 10.0 Å². The maximum absolute atomic E-state index is 12.8. The van der Waals surface area contributed by atoms with E-state index in [1.165, 1.54) is 24.3 Å². The largest absolute Gasteiger partial charge is 0.465 e. The molecule has 1 fully saturated rings. The average molecular weight is 437 g/mol. The highest BCUT2D eigenvalue weighted by Gasteiger charge is 2.52. The van der Waals surface area contributed by atoms with Crippen molar-refractivity contribution in [3.63, 3.8) is 0 Å². The molecule has 8 nitrogen and oxygen atoms in total. The molecule has 1 N–H and O–H groups in total. The monoisotopic (exact) mass is 436 g/mol. The summed E-state index contributed by atoms with van der Waals surface area (Å²) >= 11 is 10.3. The molecular formula is C16H23ClN3O5S2+. The van der Waals surface area contributed by atoms with E-state index in [1.54, 1.807) is 6.92 Å². The fourth-order valence-electron chi connectivity index (χ4n) is 2.98. The number of nitrogens with one attached hydrogen (secondary N) is 1. The zero-order chi connectivity index (χ0) is 20.3. The van der Waals surface area contributed by atoms with E-state index in [4.69, 9.17) is 16.3 Å². The standard InChI is InChI=1S/C16H23ClN3O5S2/c1-3-25-15(21)14(16(19-22)8-10-20(2,26)11-9-16)18-27(23,24)13-6-4-12(17)5-7-13/h4-7,14,18,26H,3,8-11H2,1-2H3/q+1. The van der Waals surface area contributed by atoms with Gasteiger partial charge in [0.15, 0.2) is 0 Å². The molecular weight excluding hydrogens is 414 g/mol. The van der Waals surface area contributed by atoms with Crippen molar-refractivity contribution in [3.8, 4) is 0 Å². The van der Waals surface area contributed by atoms with Gasteiger partial charge < -0.3 is 4.74 Å². The molecule has 1 unspecified atom stereocenters. The number of nitrogens with zero attached hydrogens (tertiary/aromatic N) is 2. The minimum atomic E-state index is -4.10. The SMILES string of the molecule is CCOC(=O)C(NS(=O)(=O)c1ccc(Cl)cc1)C1(N=O)CC[N+](C)(S)CC1. The number of sulfonamides is 1. The van der Waals surface area contributed by atoms with E-state index in [0.29, 0.717) is 22.0 Å². The number of benzene rings is 1. The highest BCUT2D eigenvalue weighted by molar-refractivity contribution is 7.89. The number of nitroso groups, excluding NO2 is 1. The lowest BCUT2D eigenvalue weighted by Crippen LogP contribution is -2.61. The normalized spacial score (nSPS) is 27.0. The lowest BCUT2D eigenvalue weighted by atomic mass is 9.82. The Morgan fingerprint density at radius 3 is 2.41 bits per heavy atom.